The lowest BCUT2D eigenvalue weighted by molar-refractivity contribution is 0.0793. The molecule has 3 aromatic rings. The number of carbonyl (C=O) groups excluding carboxylic acids is 2. The number of carbonyl (C=O) groups is 2. The molecule has 3 rings (SSSR count). The number of rotatable bonds is 11. The molecule has 0 radical (unpaired) electrons. The van der Waals surface area contributed by atoms with Crippen LogP contribution in [0, 0.1) is 5.82 Å². The van der Waals surface area contributed by atoms with Gasteiger partial charge in [-0.2, -0.15) is 5.10 Å². The summed E-state index contributed by atoms with van der Waals surface area (Å²) in [5.41, 5.74) is 4.56. The van der Waals surface area contributed by atoms with E-state index in [0.717, 1.165) is 5.56 Å². The van der Waals surface area contributed by atoms with E-state index in [1.54, 1.807) is 43.5 Å². The molecule has 2 amide bonds. The molecule has 2 aromatic carbocycles. The number of halogens is 1. The number of nitrogens with one attached hydrogen (secondary N) is 2. The molecule has 4 N–H and O–H groups in total. The van der Waals surface area contributed by atoms with Gasteiger partial charge >= 0.3 is 0 Å². The van der Waals surface area contributed by atoms with E-state index in [1.807, 2.05) is 11.0 Å². The highest BCUT2D eigenvalue weighted by Gasteiger charge is 2.17. The fourth-order valence-electron chi connectivity index (χ4n) is 3.55. The van der Waals surface area contributed by atoms with E-state index >= 15 is 0 Å². The van der Waals surface area contributed by atoms with Gasteiger partial charge in [0.05, 0.1) is 24.0 Å². The van der Waals surface area contributed by atoms with E-state index < -0.39 is 18.1 Å². The van der Waals surface area contributed by atoms with Crippen LogP contribution < -0.4 is 10.7 Å². The number of hydrogen-bond donors (Lipinski definition) is 4. The Labute approximate surface area is 213 Å². The van der Waals surface area contributed by atoms with Crippen molar-refractivity contribution in [3.8, 4) is 0 Å². The van der Waals surface area contributed by atoms with Gasteiger partial charge < -0.3 is 15.5 Å². The van der Waals surface area contributed by atoms with E-state index in [9.17, 15) is 24.2 Å². The zero-order valence-electron chi connectivity index (χ0n) is 20.0. The molecule has 0 saturated carbocycles. The lowest BCUT2D eigenvalue weighted by atomic mass is 10.1. The van der Waals surface area contributed by atoms with Crippen molar-refractivity contribution in [3.05, 3.63) is 88.0 Å². The zero-order valence-corrected chi connectivity index (χ0v) is 20.8. The topological polar surface area (TPSA) is 114 Å². The smallest absolute Gasteiger partial charge is 0.274 e. The zero-order chi connectivity index (χ0) is 26.1. The number of aliphatic hydroxyl groups is 2. The minimum Gasteiger partial charge on any atom is -0.392 e. The quantitative estimate of drug-likeness (QED) is 0.232. The number of anilines is 1. The van der Waals surface area contributed by atoms with Crippen LogP contribution in [0.3, 0.4) is 0 Å². The molecule has 1 heterocycles. The largest absolute Gasteiger partial charge is 0.392 e. The van der Waals surface area contributed by atoms with Crippen molar-refractivity contribution in [2.75, 3.05) is 18.4 Å². The third kappa shape index (κ3) is 8.35. The van der Waals surface area contributed by atoms with Crippen LogP contribution in [-0.2, 0) is 6.54 Å². The normalized spacial score (nSPS) is 13.1. The monoisotopic (exact) mass is 512 g/mol. The summed E-state index contributed by atoms with van der Waals surface area (Å²) in [4.78, 5) is 27.4. The first kappa shape index (κ1) is 27.2. The molecule has 0 aliphatic heterocycles. The van der Waals surface area contributed by atoms with E-state index in [-0.39, 0.29) is 17.3 Å². The van der Waals surface area contributed by atoms with Gasteiger partial charge in [-0.25, -0.2) is 9.82 Å². The molecule has 0 aliphatic rings. The summed E-state index contributed by atoms with van der Waals surface area (Å²) in [6, 6.07) is 14.3. The lowest BCUT2D eigenvalue weighted by Gasteiger charge is -2.25. The SMILES string of the molecule is CC(O)CN(Cc1cccc(C(=O)Nc2sccc2C(=O)N/N=C/c2ccc(F)cc2)c1)CC(C)O. The van der Waals surface area contributed by atoms with Crippen molar-refractivity contribution in [1.82, 2.24) is 10.3 Å². The molecule has 0 fully saturated rings. The van der Waals surface area contributed by atoms with E-state index in [1.165, 1.54) is 41.8 Å². The Kier molecular flexibility index (Phi) is 9.83. The number of hydrogen-bond acceptors (Lipinski definition) is 7. The second-order valence-electron chi connectivity index (χ2n) is 8.46. The van der Waals surface area contributed by atoms with Gasteiger partial charge in [0.25, 0.3) is 11.8 Å². The second kappa shape index (κ2) is 13.0. The number of aliphatic hydroxyl groups excluding tert-OH is 2. The maximum atomic E-state index is 13.0. The summed E-state index contributed by atoms with van der Waals surface area (Å²) in [7, 11) is 0. The van der Waals surface area contributed by atoms with Gasteiger partial charge in [0.2, 0.25) is 0 Å². The number of thiophene rings is 1. The van der Waals surface area contributed by atoms with E-state index in [0.29, 0.717) is 35.8 Å². The van der Waals surface area contributed by atoms with Crippen molar-refractivity contribution in [3.63, 3.8) is 0 Å². The van der Waals surface area contributed by atoms with Crippen molar-refractivity contribution >= 4 is 34.4 Å². The third-order valence-corrected chi connectivity index (χ3v) is 5.86. The Hall–Kier alpha value is -3.44. The number of amides is 2. The molecule has 1 aromatic heterocycles. The average molecular weight is 513 g/mol. The maximum absolute atomic E-state index is 13.0. The van der Waals surface area contributed by atoms with Crippen molar-refractivity contribution in [1.29, 1.82) is 0 Å². The molecule has 190 valence electrons. The van der Waals surface area contributed by atoms with Gasteiger partial charge in [0, 0.05) is 25.2 Å². The van der Waals surface area contributed by atoms with Gasteiger partial charge in [-0.3, -0.25) is 14.5 Å². The number of benzene rings is 2. The van der Waals surface area contributed by atoms with Crippen LogP contribution in [0.25, 0.3) is 0 Å². The number of hydrazone groups is 1. The Bertz CT molecular complexity index is 1180. The molecular weight excluding hydrogens is 483 g/mol. The number of nitrogens with zero attached hydrogens (tertiary/aromatic N) is 2. The third-order valence-electron chi connectivity index (χ3n) is 5.03. The van der Waals surface area contributed by atoms with Crippen LogP contribution in [0.4, 0.5) is 9.39 Å². The Morgan fingerprint density at radius 2 is 1.75 bits per heavy atom. The minimum atomic E-state index is -0.557. The minimum absolute atomic E-state index is 0.265. The first-order valence-corrected chi connectivity index (χ1v) is 12.2. The Morgan fingerprint density at radius 3 is 2.42 bits per heavy atom. The second-order valence-corrected chi connectivity index (χ2v) is 9.38. The summed E-state index contributed by atoms with van der Waals surface area (Å²) >= 11 is 1.21. The molecule has 0 spiro atoms. The fraction of sp³-hybridized carbons (Fsp3) is 0.269. The maximum Gasteiger partial charge on any atom is 0.274 e. The van der Waals surface area contributed by atoms with Crippen molar-refractivity contribution < 1.29 is 24.2 Å². The van der Waals surface area contributed by atoms with Crippen LogP contribution in [0.5, 0.6) is 0 Å². The molecule has 10 heteroatoms. The van der Waals surface area contributed by atoms with Crippen LogP contribution in [0.2, 0.25) is 0 Å². The first-order valence-electron chi connectivity index (χ1n) is 11.4. The summed E-state index contributed by atoms with van der Waals surface area (Å²) in [5.74, 6) is -1.23. The molecule has 0 bridgehead atoms. The molecular formula is C26H29FN4O4S. The standard InChI is InChI=1S/C26H29FN4O4S/c1-17(32)14-31(15-18(2)33)16-20-4-3-5-21(12-20)24(34)29-26-23(10-11-36-26)25(35)30-28-13-19-6-8-22(27)9-7-19/h3-13,17-18,32-33H,14-16H2,1-2H3,(H,29,34)(H,30,35)/b28-13+. The fourth-order valence-corrected chi connectivity index (χ4v) is 4.33. The first-order chi connectivity index (χ1) is 17.2. The van der Waals surface area contributed by atoms with Crippen LogP contribution in [0.15, 0.2) is 65.1 Å². The van der Waals surface area contributed by atoms with Crippen LogP contribution in [0.1, 0.15) is 45.7 Å². The molecule has 8 nitrogen and oxygen atoms in total. The van der Waals surface area contributed by atoms with Gasteiger partial charge in [-0.05, 0) is 60.7 Å². The predicted molar refractivity (Wildman–Crippen MR) is 139 cm³/mol. The van der Waals surface area contributed by atoms with Gasteiger partial charge in [0.1, 0.15) is 10.8 Å². The van der Waals surface area contributed by atoms with Crippen LogP contribution in [-0.4, -0.2) is 58.4 Å². The van der Waals surface area contributed by atoms with E-state index in [2.05, 4.69) is 15.8 Å². The Morgan fingerprint density at radius 1 is 1.06 bits per heavy atom. The molecule has 0 saturated heterocycles. The van der Waals surface area contributed by atoms with Gasteiger partial charge in [0.15, 0.2) is 0 Å². The van der Waals surface area contributed by atoms with Gasteiger partial charge in [-0.1, -0.05) is 24.3 Å². The molecule has 2 atom stereocenters. The molecule has 2 unspecified atom stereocenters. The average Bonchev–Trinajstić information content (AvgIpc) is 3.28. The molecule has 36 heavy (non-hydrogen) atoms. The summed E-state index contributed by atoms with van der Waals surface area (Å²) in [6.07, 6.45) is 0.281. The van der Waals surface area contributed by atoms with Crippen molar-refractivity contribution in [2.45, 2.75) is 32.6 Å². The highest BCUT2D eigenvalue weighted by Crippen LogP contribution is 2.24. The summed E-state index contributed by atoms with van der Waals surface area (Å²) in [5, 5.41) is 28.2. The summed E-state index contributed by atoms with van der Waals surface area (Å²) in [6.45, 7) is 4.59. The van der Waals surface area contributed by atoms with Crippen LogP contribution >= 0.6 is 11.3 Å². The van der Waals surface area contributed by atoms with Crippen molar-refractivity contribution in [2.24, 2.45) is 5.10 Å². The lowest BCUT2D eigenvalue weighted by Crippen LogP contribution is -2.35. The predicted octanol–water partition coefficient (Wildman–Crippen LogP) is 3.47. The highest BCUT2D eigenvalue weighted by molar-refractivity contribution is 7.14. The Balaban J connectivity index is 1.64. The van der Waals surface area contributed by atoms with E-state index in [4.69, 9.17) is 0 Å². The molecule has 0 aliphatic carbocycles. The summed E-state index contributed by atoms with van der Waals surface area (Å²) < 4.78 is 13.0. The van der Waals surface area contributed by atoms with Gasteiger partial charge in [-0.15, -0.1) is 11.3 Å². The highest BCUT2D eigenvalue weighted by atomic mass is 32.1.